The smallest absolute Gasteiger partial charge is 0.258 e. The summed E-state index contributed by atoms with van der Waals surface area (Å²) in [7, 11) is -3.00. The minimum atomic E-state index is -3.00. The average molecular weight is 467 g/mol. The second kappa shape index (κ2) is 9.33. The van der Waals surface area contributed by atoms with E-state index in [1.807, 2.05) is 26.0 Å². The van der Waals surface area contributed by atoms with Gasteiger partial charge in [-0.05, 0) is 56.0 Å². The Morgan fingerprint density at radius 2 is 2.12 bits per heavy atom. The Kier molecular flexibility index (Phi) is 6.49. The maximum absolute atomic E-state index is 11.4. The van der Waals surface area contributed by atoms with Gasteiger partial charge >= 0.3 is 0 Å². The number of fused-ring (bicyclic) bond motifs is 1. The molecule has 33 heavy (non-hydrogen) atoms. The van der Waals surface area contributed by atoms with Crippen LogP contribution in [0, 0.1) is 11.3 Å². The van der Waals surface area contributed by atoms with Crippen LogP contribution in [0.5, 0.6) is 5.75 Å². The van der Waals surface area contributed by atoms with E-state index in [0.717, 1.165) is 29.5 Å². The minimum Gasteiger partial charge on any atom is -0.490 e. The molecule has 9 heteroatoms. The van der Waals surface area contributed by atoms with Gasteiger partial charge in [0.15, 0.2) is 0 Å². The molecule has 3 aromatic rings. The Hall–Kier alpha value is -3.22. The van der Waals surface area contributed by atoms with Crippen molar-refractivity contribution in [3.05, 3.63) is 53.1 Å². The topological polar surface area (TPSA) is 118 Å². The molecule has 0 saturated carbocycles. The fourth-order valence-electron chi connectivity index (χ4n) is 4.05. The van der Waals surface area contributed by atoms with E-state index in [2.05, 4.69) is 27.6 Å². The van der Waals surface area contributed by atoms with E-state index >= 15 is 0 Å². The lowest BCUT2D eigenvalue weighted by Crippen LogP contribution is -2.25. The highest BCUT2D eigenvalue weighted by atomic mass is 32.2. The molecular formula is C24H26N4O4S. The second-order valence-corrected chi connectivity index (χ2v) is 10.7. The molecule has 4 rings (SSSR count). The Morgan fingerprint density at radius 1 is 1.30 bits per heavy atom. The number of ether oxygens (including phenoxy) is 1. The third kappa shape index (κ3) is 5.24. The van der Waals surface area contributed by atoms with E-state index in [4.69, 9.17) is 9.26 Å². The van der Waals surface area contributed by atoms with Crippen molar-refractivity contribution in [3.8, 4) is 34.7 Å². The molecule has 1 heterocycles. The number of hydrogen-bond acceptors (Lipinski definition) is 8. The van der Waals surface area contributed by atoms with Crippen molar-refractivity contribution in [2.45, 2.75) is 38.8 Å². The molecule has 1 aromatic heterocycles. The van der Waals surface area contributed by atoms with Crippen molar-refractivity contribution in [1.29, 1.82) is 5.26 Å². The van der Waals surface area contributed by atoms with Gasteiger partial charge in [0.25, 0.3) is 5.89 Å². The number of nitrogens with zero attached hydrogens (tertiary/aromatic N) is 3. The molecule has 0 aliphatic heterocycles. The van der Waals surface area contributed by atoms with Gasteiger partial charge in [-0.25, -0.2) is 8.42 Å². The van der Waals surface area contributed by atoms with Crippen molar-refractivity contribution >= 4 is 9.84 Å². The zero-order chi connectivity index (χ0) is 23.6. The molecule has 0 amide bonds. The molecule has 0 bridgehead atoms. The Bertz CT molecular complexity index is 1310. The maximum atomic E-state index is 11.4. The molecule has 0 saturated heterocycles. The highest BCUT2D eigenvalue weighted by molar-refractivity contribution is 7.90. The van der Waals surface area contributed by atoms with Crippen LogP contribution in [0.25, 0.3) is 22.8 Å². The lowest BCUT2D eigenvalue weighted by molar-refractivity contribution is 0.241. The van der Waals surface area contributed by atoms with E-state index in [0.29, 0.717) is 35.1 Å². The molecule has 0 spiro atoms. The summed E-state index contributed by atoms with van der Waals surface area (Å²) < 4.78 is 34.0. The first-order valence-electron chi connectivity index (χ1n) is 10.8. The van der Waals surface area contributed by atoms with Crippen molar-refractivity contribution < 1.29 is 17.7 Å². The summed E-state index contributed by atoms with van der Waals surface area (Å²) in [6.45, 7) is 4.23. The van der Waals surface area contributed by atoms with Gasteiger partial charge in [0.1, 0.15) is 21.7 Å². The largest absolute Gasteiger partial charge is 0.490 e. The standard InChI is InChI=1S/C24H26N4O4S/c1-15(2)31-22-10-7-16(13-17(22)14-25)24-27-23(28-32-24)20-6-4-5-19-18(20)8-9-21(19)26-11-12-33(3,29)30/h4-7,10,13,15,21,26H,8-9,11-12H2,1-3H3. The minimum absolute atomic E-state index is 0.0391. The number of nitriles is 1. The lowest BCUT2D eigenvalue weighted by Gasteiger charge is -2.14. The Labute approximate surface area is 193 Å². The van der Waals surface area contributed by atoms with Crippen LogP contribution in [0.1, 0.15) is 43.0 Å². The SMILES string of the molecule is CC(C)Oc1ccc(-c2nc(-c3cccc4c3CCC4NCCS(C)(=O)=O)no2)cc1C#N. The molecule has 1 N–H and O–H groups in total. The van der Waals surface area contributed by atoms with Gasteiger partial charge in [-0.1, -0.05) is 23.4 Å². The third-order valence-electron chi connectivity index (χ3n) is 5.51. The van der Waals surface area contributed by atoms with Crippen LogP contribution >= 0.6 is 0 Å². The van der Waals surface area contributed by atoms with Crippen molar-refractivity contribution in [1.82, 2.24) is 15.5 Å². The van der Waals surface area contributed by atoms with Gasteiger partial charge in [0, 0.05) is 30.0 Å². The summed E-state index contributed by atoms with van der Waals surface area (Å²) in [4.78, 5) is 4.59. The van der Waals surface area contributed by atoms with Crippen LogP contribution in [0.15, 0.2) is 40.9 Å². The van der Waals surface area contributed by atoms with Gasteiger partial charge in [-0.3, -0.25) is 0 Å². The Morgan fingerprint density at radius 3 is 2.85 bits per heavy atom. The van der Waals surface area contributed by atoms with Gasteiger partial charge in [-0.15, -0.1) is 0 Å². The summed E-state index contributed by atoms with van der Waals surface area (Å²) in [6, 6.07) is 13.4. The number of benzene rings is 2. The van der Waals surface area contributed by atoms with E-state index in [1.165, 1.54) is 6.26 Å². The van der Waals surface area contributed by atoms with Gasteiger partial charge in [0.05, 0.1) is 17.4 Å². The number of rotatable bonds is 8. The normalized spacial score (nSPS) is 15.4. The molecule has 2 aromatic carbocycles. The molecule has 1 aliphatic carbocycles. The lowest BCUT2D eigenvalue weighted by atomic mass is 10.0. The first-order valence-corrected chi connectivity index (χ1v) is 12.9. The van der Waals surface area contributed by atoms with E-state index < -0.39 is 9.84 Å². The van der Waals surface area contributed by atoms with E-state index in [1.54, 1.807) is 18.2 Å². The molecule has 0 fully saturated rings. The van der Waals surface area contributed by atoms with Crippen molar-refractivity contribution in [2.24, 2.45) is 0 Å². The summed E-state index contributed by atoms with van der Waals surface area (Å²) in [6.07, 6.45) is 2.92. The van der Waals surface area contributed by atoms with E-state index in [-0.39, 0.29) is 17.9 Å². The van der Waals surface area contributed by atoms with E-state index in [9.17, 15) is 13.7 Å². The van der Waals surface area contributed by atoms with Gasteiger partial charge in [0.2, 0.25) is 5.82 Å². The maximum Gasteiger partial charge on any atom is 0.258 e. The Balaban J connectivity index is 1.57. The summed E-state index contributed by atoms with van der Waals surface area (Å²) in [5.41, 5.74) is 4.23. The van der Waals surface area contributed by atoms with Gasteiger partial charge in [-0.2, -0.15) is 10.2 Å². The summed E-state index contributed by atoms with van der Waals surface area (Å²) in [5.74, 6) is 1.44. The monoisotopic (exact) mass is 466 g/mol. The zero-order valence-electron chi connectivity index (χ0n) is 18.8. The van der Waals surface area contributed by atoms with Crippen LogP contribution in [0.3, 0.4) is 0 Å². The van der Waals surface area contributed by atoms with Crippen molar-refractivity contribution in [3.63, 3.8) is 0 Å². The number of sulfone groups is 1. The quantitative estimate of drug-likeness (QED) is 0.534. The molecule has 0 radical (unpaired) electrons. The van der Waals surface area contributed by atoms with Crippen LogP contribution < -0.4 is 10.1 Å². The second-order valence-electron chi connectivity index (χ2n) is 8.46. The molecule has 1 aliphatic rings. The third-order valence-corrected chi connectivity index (χ3v) is 6.46. The summed E-state index contributed by atoms with van der Waals surface area (Å²) in [5, 5.41) is 17.0. The zero-order valence-corrected chi connectivity index (χ0v) is 19.6. The average Bonchev–Trinajstić information content (AvgIpc) is 3.40. The van der Waals surface area contributed by atoms with Crippen LogP contribution in [0.4, 0.5) is 0 Å². The molecule has 1 atom stereocenters. The first-order chi connectivity index (χ1) is 15.7. The molecule has 8 nitrogen and oxygen atoms in total. The van der Waals surface area contributed by atoms with Crippen LogP contribution in [0.2, 0.25) is 0 Å². The number of aromatic nitrogens is 2. The predicted octanol–water partition coefficient (Wildman–Crippen LogP) is 3.68. The summed E-state index contributed by atoms with van der Waals surface area (Å²) >= 11 is 0. The van der Waals surface area contributed by atoms with Crippen LogP contribution in [-0.4, -0.2) is 43.2 Å². The fraction of sp³-hybridized carbons (Fsp3) is 0.375. The molecular weight excluding hydrogens is 440 g/mol. The molecule has 1 unspecified atom stereocenters. The highest BCUT2D eigenvalue weighted by Gasteiger charge is 2.26. The van der Waals surface area contributed by atoms with Crippen molar-refractivity contribution in [2.75, 3.05) is 18.6 Å². The predicted molar refractivity (Wildman–Crippen MR) is 124 cm³/mol. The number of nitrogens with one attached hydrogen (secondary N) is 1. The van der Waals surface area contributed by atoms with Gasteiger partial charge < -0.3 is 14.6 Å². The highest BCUT2D eigenvalue weighted by Crippen LogP contribution is 2.37. The molecule has 172 valence electrons. The fourth-order valence-corrected chi connectivity index (χ4v) is 4.54. The first kappa shape index (κ1) is 23.0. The van der Waals surface area contributed by atoms with Crippen LogP contribution in [-0.2, 0) is 16.3 Å². The number of hydrogen-bond donors (Lipinski definition) is 1.